The molecule has 0 radical (unpaired) electrons. The molecule has 1 aromatic carbocycles. The molecule has 112 valence electrons. The topological polar surface area (TPSA) is 49.3 Å². The van der Waals surface area contributed by atoms with Gasteiger partial charge in [0.15, 0.2) is 0 Å². The van der Waals surface area contributed by atoms with Crippen LogP contribution in [-0.4, -0.2) is 23.2 Å². The summed E-state index contributed by atoms with van der Waals surface area (Å²) in [6, 6.07) is 13.6. The van der Waals surface area contributed by atoms with Gasteiger partial charge < -0.3 is 10.4 Å². The number of hydrogen-bond acceptors (Lipinski definition) is 3. The Morgan fingerprint density at radius 3 is 2.62 bits per heavy atom. The minimum Gasteiger partial charge on any atom is -0.380 e. The maximum atomic E-state index is 12.3. The minimum atomic E-state index is -1.42. The molecule has 1 aromatic heterocycles. The van der Waals surface area contributed by atoms with E-state index in [2.05, 4.69) is 5.32 Å². The molecule has 2 rings (SSSR count). The monoisotopic (exact) mass is 303 g/mol. The molecule has 2 aromatic rings. The molecule has 1 amide bonds. The van der Waals surface area contributed by atoms with Crippen LogP contribution >= 0.6 is 11.3 Å². The summed E-state index contributed by atoms with van der Waals surface area (Å²) in [6.45, 7) is 3.98. The average Bonchev–Trinajstić information content (AvgIpc) is 3.00. The molecule has 0 aliphatic carbocycles. The first kappa shape index (κ1) is 15.7. The van der Waals surface area contributed by atoms with Gasteiger partial charge in [-0.2, -0.15) is 0 Å². The van der Waals surface area contributed by atoms with E-state index in [-0.39, 0.29) is 11.8 Å². The number of hydrogen-bond donors (Lipinski definition) is 2. The molecule has 0 saturated carbocycles. The Morgan fingerprint density at radius 1 is 1.29 bits per heavy atom. The Morgan fingerprint density at radius 2 is 2.00 bits per heavy atom. The Kier molecular flexibility index (Phi) is 5.15. The van der Waals surface area contributed by atoms with E-state index in [0.29, 0.717) is 6.54 Å². The third-order valence-electron chi connectivity index (χ3n) is 3.84. The van der Waals surface area contributed by atoms with Gasteiger partial charge in [0.05, 0.1) is 0 Å². The van der Waals surface area contributed by atoms with Crippen molar-refractivity contribution in [1.29, 1.82) is 0 Å². The molecule has 0 fully saturated rings. The Balaban J connectivity index is 1.93. The summed E-state index contributed by atoms with van der Waals surface area (Å²) in [5.41, 5.74) is -0.465. The van der Waals surface area contributed by atoms with E-state index in [9.17, 15) is 9.90 Å². The second-order valence-corrected chi connectivity index (χ2v) is 6.40. The number of aliphatic hydroxyl groups is 1. The summed E-state index contributed by atoms with van der Waals surface area (Å²) in [5, 5.41) is 15.4. The number of rotatable bonds is 6. The molecule has 0 saturated heterocycles. The summed E-state index contributed by atoms with van der Waals surface area (Å²) < 4.78 is 0. The molecule has 21 heavy (non-hydrogen) atoms. The Labute approximate surface area is 129 Å². The first-order valence-electron chi connectivity index (χ1n) is 7.10. The van der Waals surface area contributed by atoms with E-state index >= 15 is 0 Å². The van der Waals surface area contributed by atoms with Crippen LogP contribution in [0.5, 0.6) is 0 Å². The lowest BCUT2D eigenvalue weighted by atomic mass is 9.84. The molecule has 4 heteroatoms. The maximum Gasteiger partial charge on any atom is 0.252 e. The van der Waals surface area contributed by atoms with Crippen molar-refractivity contribution < 1.29 is 9.90 Å². The Bertz CT molecular complexity index is 564. The van der Waals surface area contributed by atoms with E-state index < -0.39 is 5.60 Å². The highest BCUT2D eigenvalue weighted by Crippen LogP contribution is 2.27. The quantitative estimate of drug-likeness (QED) is 0.862. The lowest BCUT2D eigenvalue weighted by molar-refractivity contribution is -0.139. The minimum absolute atomic E-state index is 0.263. The normalized spacial score (nSPS) is 15.2. The van der Waals surface area contributed by atoms with Crippen molar-refractivity contribution in [2.24, 2.45) is 0 Å². The van der Waals surface area contributed by atoms with Crippen molar-refractivity contribution in [2.75, 3.05) is 6.54 Å². The average molecular weight is 303 g/mol. The number of carbonyl (C=O) groups excluding carboxylic acids is 1. The fraction of sp³-hybridized carbons (Fsp3) is 0.353. The van der Waals surface area contributed by atoms with Crippen LogP contribution in [0.25, 0.3) is 0 Å². The van der Waals surface area contributed by atoms with Gasteiger partial charge in [-0.25, -0.2) is 0 Å². The zero-order valence-corrected chi connectivity index (χ0v) is 13.2. The van der Waals surface area contributed by atoms with Crippen LogP contribution in [0.4, 0.5) is 0 Å². The molecule has 2 N–H and O–H groups in total. The largest absolute Gasteiger partial charge is 0.380 e. The molecule has 2 atom stereocenters. The number of nitrogens with one attached hydrogen (secondary N) is 1. The standard InChI is InChI=1S/C17H21NO2S/c1-13(14-7-4-3-5-8-14)17(2,20)16(19)18-11-10-15-9-6-12-21-15/h3-9,12-13,20H,10-11H2,1-2H3,(H,18,19)/t13-,17-/m0/s1. The van der Waals surface area contributed by atoms with E-state index in [1.807, 2.05) is 54.8 Å². The van der Waals surface area contributed by atoms with Crippen molar-refractivity contribution >= 4 is 17.2 Å². The van der Waals surface area contributed by atoms with Gasteiger partial charge in [-0.05, 0) is 30.4 Å². The first-order valence-corrected chi connectivity index (χ1v) is 7.98. The predicted octanol–water partition coefficient (Wildman–Crippen LogP) is 2.96. The van der Waals surface area contributed by atoms with Crippen molar-refractivity contribution in [2.45, 2.75) is 31.8 Å². The van der Waals surface area contributed by atoms with Gasteiger partial charge in [-0.3, -0.25) is 4.79 Å². The first-order chi connectivity index (χ1) is 10.0. The zero-order chi connectivity index (χ0) is 15.3. The third-order valence-corrected chi connectivity index (χ3v) is 4.78. The maximum absolute atomic E-state index is 12.3. The van der Waals surface area contributed by atoms with Gasteiger partial charge in [-0.15, -0.1) is 11.3 Å². The molecule has 0 aliphatic heterocycles. The van der Waals surface area contributed by atoms with Gasteiger partial charge in [-0.1, -0.05) is 43.3 Å². The predicted molar refractivity (Wildman–Crippen MR) is 86.5 cm³/mol. The number of benzene rings is 1. The molecule has 0 unspecified atom stereocenters. The molecule has 1 heterocycles. The summed E-state index contributed by atoms with van der Waals surface area (Å²) in [7, 11) is 0. The smallest absolute Gasteiger partial charge is 0.252 e. The highest BCUT2D eigenvalue weighted by molar-refractivity contribution is 7.09. The van der Waals surface area contributed by atoms with E-state index in [1.165, 1.54) is 4.88 Å². The van der Waals surface area contributed by atoms with Crippen molar-refractivity contribution in [3.63, 3.8) is 0 Å². The Hall–Kier alpha value is -1.65. The number of amides is 1. The second-order valence-electron chi connectivity index (χ2n) is 5.37. The summed E-state index contributed by atoms with van der Waals surface area (Å²) in [6.07, 6.45) is 0.791. The summed E-state index contributed by atoms with van der Waals surface area (Å²) >= 11 is 1.67. The van der Waals surface area contributed by atoms with Crippen LogP contribution in [0.2, 0.25) is 0 Å². The van der Waals surface area contributed by atoms with Crippen LogP contribution < -0.4 is 5.32 Å². The lowest BCUT2D eigenvalue weighted by Gasteiger charge is -2.29. The molecule has 0 spiro atoms. The second kappa shape index (κ2) is 6.87. The van der Waals surface area contributed by atoms with E-state index in [0.717, 1.165) is 12.0 Å². The lowest BCUT2D eigenvalue weighted by Crippen LogP contribution is -2.48. The van der Waals surface area contributed by atoms with Crippen molar-refractivity contribution in [3.05, 3.63) is 58.3 Å². The zero-order valence-electron chi connectivity index (χ0n) is 12.4. The molecule has 0 bridgehead atoms. The molecular weight excluding hydrogens is 282 g/mol. The third kappa shape index (κ3) is 3.93. The molecule has 3 nitrogen and oxygen atoms in total. The number of thiophene rings is 1. The van der Waals surface area contributed by atoms with Crippen molar-refractivity contribution in [1.82, 2.24) is 5.32 Å². The highest BCUT2D eigenvalue weighted by atomic mass is 32.1. The fourth-order valence-corrected chi connectivity index (χ4v) is 2.90. The highest BCUT2D eigenvalue weighted by Gasteiger charge is 2.37. The van der Waals surface area contributed by atoms with Gasteiger partial charge in [0.25, 0.3) is 5.91 Å². The van der Waals surface area contributed by atoms with Gasteiger partial charge >= 0.3 is 0 Å². The van der Waals surface area contributed by atoms with Gasteiger partial charge in [0, 0.05) is 17.3 Å². The van der Waals surface area contributed by atoms with Crippen LogP contribution in [0.15, 0.2) is 47.8 Å². The summed E-state index contributed by atoms with van der Waals surface area (Å²) in [5.74, 6) is -0.587. The van der Waals surface area contributed by atoms with E-state index in [4.69, 9.17) is 0 Å². The van der Waals surface area contributed by atoms with Crippen LogP contribution in [0.1, 0.15) is 30.2 Å². The van der Waals surface area contributed by atoms with Crippen LogP contribution in [0, 0.1) is 0 Å². The van der Waals surface area contributed by atoms with Crippen molar-refractivity contribution in [3.8, 4) is 0 Å². The fourth-order valence-electron chi connectivity index (χ4n) is 2.20. The van der Waals surface area contributed by atoms with E-state index in [1.54, 1.807) is 18.3 Å². The van der Waals surface area contributed by atoms with Crippen LogP contribution in [-0.2, 0) is 11.2 Å². The van der Waals surface area contributed by atoms with Crippen LogP contribution in [0.3, 0.4) is 0 Å². The molecular formula is C17H21NO2S. The summed E-state index contributed by atoms with van der Waals surface area (Å²) in [4.78, 5) is 13.5. The van der Waals surface area contributed by atoms with Gasteiger partial charge in [0.1, 0.15) is 5.60 Å². The number of carbonyl (C=O) groups is 1. The SMILES string of the molecule is C[C@@H](c1ccccc1)[C@](C)(O)C(=O)NCCc1cccs1. The molecule has 0 aliphatic rings. The van der Waals surface area contributed by atoms with Gasteiger partial charge in [0.2, 0.25) is 0 Å².